The summed E-state index contributed by atoms with van der Waals surface area (Å²) in [7, 11) is 0. The van der Waals surface area contributed by atoms with Crippen LogP contribution in [0.15, 0.2) is 24.3 Å². The number of piperidine rings is 1. The van der Waals surface area contributed by atoms with E-state index in [1.54, 1.807) is 0 Å². The zero-order chi connectivity index (χ0) is 17.0. The van der Waals surface area contributed by atoms with Gasteiger partial charge in [-0.1, -0.05) is 12.1 Å². The molecule has 126 valence electrons. The summed E-state index contributed by atoms with van der Waals surface area (Å²) >= 11 is 0. The average Bonchev–Trinajstić information content (AvgIpc) is 2.46. The quantitative estimate of drug-likeness (QED) is 0.895. The third-order valence-electron chi connectivity index (χ3n) is 3.87. The molecule has 0 aromatic heterocycles. The summed E-state index contributed by atoms with van der Waals surface area (Å²) in [4.78, 5) is 24.5. The lowest BCUT2D eigenvalue weighted by Gasteiger charge is -2.31. The van der Waals surface area contributed by atoms with Crippen LogP contribution in [-0.4, -0.2) is 29.9 Å². The Hall–Kier alpha value is -2.25. The van der Waals surface area contributed by atoms with Gasteiger partial charge in [0, 0.05) is 19.5 Å². The van der Waals surface area contributed by atoms with Crippen molar-refractivity contribution in [2.45, 2.75) is 25.4 Å². The van der Waals surface area contributed by atoms with Crippen molar-refractivity contribution in [1.82, 2.24) is 4.90 Å². The molecule has 0 aliphatic carbocycles. The van der Waals surface area contributed by atoms with Crippen LogP contribution in [0.4, 0.5) is 23.7 Å². The molecule has 1 aliphatic rings. The monoisotopic (exact) mass is 329 g/mol. The van der Waals surface area contributed by atoms with Gasteiger partial charge in [0.15, 0.2) is 0 Å². The summed E-state index contributed by atoms with van der Waals surface area (Å²) in [6, 6.07) is 4.28. The molecule has 5 nitrogen and oxygen atoms in total. The molecular formula is C15H18F3N3O2. The van der Waals surface area contributed by atoms with E-state index in [2.05, 4.69) is 5.32 Å². The molecule has 0 spiro atoms. The first-order valence-electron chi connectivity index (χ1n) is 7.28. The summed E-state index contributed by atoms with van der Waals surface area (Å²) in [6.45, 7) is 0.774. The van der Waals surface area contributed by atoms with Crippen molar-refractivity contribution in [2.75, 3.05) is 18.4 Å². The Kier molecular flexibility index (Phi) is 5.12. The highest BCUT2D eigenvalue weighted by Gasteiger charge is 2.34. The van der Waals surface area contributed by atoms with E-state index < -0.39 is 17.8 Å². The van der Waals surface area contributed by atoms with Crippen molar-refractivity contribution in [2.24, 2.45) is 11.7 Å². The van der Waals surface area contributed by atoms with Gasteiger partial charge in [0.05, 0.1) is 11.3 Å². The molecule has 0 bridgehead atoms. The van der Waals surface area contributed by atoms with Gasteiger partial charge in [-0.25, -0.2) is 4.79 Å². The van der Waals surface area contributed by atoms with Crippen LogP contribution in [0.2, 0.25) is 0 Å². The number of hydrogen-bond donors (Lipinski definition) is 2. The van der Waals surface area contributed by atoms with Gasteiger partial charge in [0.2, 0.25) is 5.91 Å². The molecule has 2 rings (SSSR count). The number of alkyl halides is 3. The molecule has 23 heavy (non-hydrogen) atoms. The summed E-state index contributed by atoms with van der Waals surface area (Å²) in [5, 5.41) is 2.32. The summed E-state index contributed by atoms with van der Waals surface area (Å²) in [6.07, 6.45) is -3.04. The van der Waals surface area contributed by atoms with Gasteiger partial charge in [-0.2, -0.15) is 13.2 Å². The minimum Gasteiger partial charge on any atom is -0.370 e. The van der Waals surface area contributed by atoms with Gasteiger partial charge in [-0.15, -0.1) is 0 Å². The van der Waals surface area contributed by atoms with E-state index in [0.717, 1.165) is 6.07 Å². The second-order valence-corrected chi connectivity index (χ2v) is 5.57. The number of rotatable bonds is 3. The predicted molar refractivity (Wildman–Crippen MR) is 78.6 cm³/mol. The van der Waals surface area contributed by atoms with Gasteiger partial charge in [-0.3, -0.25) is 4.79 Å². The predicted octanol–water partition coefficient (Wildman–Crippen LogP) is 2.82. The second kappa shape index (κ2) is 6.89. The number of nitrogens with one attached hydrogen (secondary N) is 1. The molecule has 0 radical (unpaired) electrons. The Bertz CT molecular complexity index is 582. The number of nitrogens with zero attached hydrogens (tertiary/aromatic N) is 1. The number of carbonyl (C=O) groups excluding carboxylic acids is 2. The van der Waals surface area contributed by atoms with E-state index in [1.165, 1.54) is 23.1 Å². The van der Waals surface area contributed by atoms with Gasteiger partial charge >= 0.3 is 12.2 Å². The second-order valence-electron chi connectivity index (χ2n) is 5.57. The third-order valence-corrected chi connectivity index (χ3v) is 3.87. The maximum atomic E-state index is 12.9. The van der Waals surface area contributed by atoms with Gasteiger partial charge in [0.1, 0.15) is 0 Å². The minimum absolute atomic E-state index is 0.124. The number of urea groups is 1. The van der Waals surface area contributed by atoms with Crippen molar-refractivity contribution in [3.63, 3.8) is 0 Å². The van der Waals surface area contributed by atoms with Crippen LogP contribution >= 0.6 is 0 Å². The molecule has 1 aliphatic heterocycles. The highest BCUT2D eigenvalue weighted by atomic mass is 19.4. The Labute approximate surface area is 131 Å². The van der Waals surface area contributed by atoms with Crippen LogP contribution in [0.5, 0.6) is 0 Å². The molecule has 0 saturated carbocycles. The molecule has 0 atom stereocenters. The van der Waals surface area contributed by atoms with E-state index in [1.807, 2.05) is 0 Å². The Morgan fingerprint density at radius 1 is 1.22 bits per heavy atom. The number of anilines is 1. The number of halogens is 3. The van der Waals surface area contributed by atoms with Crippen molar-refractivity contribution >= 4 is 17.6 Å². The number of carbonyl (C=O) groups is 2. The van der Waals surface area contributed by atoms with Crippen LogP contribution < -0.4 is 11.1 Å². The summed E-state index contributed by atoms with van der Waals surface area (Å²) < 4.78 is 38.7. The SMILES string of the molecule is NC(=O)CC1CCN(C(=O)Nc2ccccc2C(F)(F)F)CC1. The minimum atomic E-state index is -4.53. The number of para-hydroxylation sites is 1. The van der Waals surface area contributed by atoms with E-state index in [0.29, 0.717) is 25.9 Å². The first-order chi connectivity index (χ1) is 10.8. The molecule has 1 saturated heterocycles. The van der Waals surface area contributed by atoms with E-state index in [4.69, 9.17) is 5.73 Å². The van der Waals surface area contributed by atoms with Crippen molar-refractivity contribution in [1.29, 1.82) is 0 Å². The topological polar surface area (TPSA) is 75.4 Å². The standard InChI is InChI=1S/C15H18F3N3O2/c16-15(17,18)11-3-1-2-4-12(11)20-14(23)21-7-5-10(6-8-21)9-13(19)22/h1-4,10H,5-9H2,(H2,19,22)(H,20,23). The molecule has 3 amide bonds. The van der Waals surface area contributed by atoms with Gasteiger partial charge < -0.3 is 16.0 Å². The van der Waals surface area contributed by atoms with Crippen LogP contribution in [0.25, 0.3) is 0 Å². The maximum Gasteiger partial charge on any atom is 0.418 e. The Morgan fingerprint density at radius 2 is 1.83 bits per heavy atom. The van der Waals surface area contributed by atoms with Crippen molar-refractivity contribution in [3.8, 4) is 0 Å². The Balaban J connectivity index is 1.98. The molecule has 1 heterocycles. The number of likely N-dealkylation sites (tertiary alicyclic amines) is 1. The van der Waals surface area contributed by atoms with Crippen LogP contribution in [0.1, 0.15) is 24.8 Å². The molecule has 1 aromatic carbocycles. The van der Waals surface area contributed by atoms with Crippen molar-refractivity contribution < 1.29 is 22.8 Å². The smallest absolute Gasteiger partial charge is 0.370 e. The largest absolute Gasteiger partial charge is 0.418 e. The van der Waals surface area contributed by atoms with Crippen LogP contribution in [0, 0.1) is 5.92 Å². The molecule has 0 unspecified atom stereocenters. The third kappa shape index (κ3) is 4.61. The number of benzene rings is 1. The first kappa shape index (κ1) is 17.1. The highest BCUT2D eigenvalue weighted by molar-refractivity contribution is 5.90. The fraction of sp³-hybridized carbons (Fsp3) is 0.467. The molecule has 1 aromatic rings. The fourth-order valence-electron chi connectivity index (χ4n) is 2.66. The Morgan fingerprint density at radius 3 is 2.39 bits per heavy atom. The molecule has 3 N–H and O–H groups in total. The van der Waals surface area contributed by atoms with E-state index in [9.17, 15) is 22.8 Å². The zero-order valence-electron chi connectivity index (χ0n) is 12.4. The lowest BCUT2D eigenvalue weighted by Crippen LogP contribution is -2.41. The first-order valence-corrected chi connectivity index (χ1v) is 7.28. The van der Waals surface area contributed by atoms with Gasteiger partial charge in [0.25, 0.3) is 0 Å². The normalized spacial score (nSPS) is 16.2. The van der Waals surface area contributed by atoms with Crippen LogP contribution in [0.3, 0.4) is 0 Å². The number of primary amides is 1. The van der Waals surface area contributed by atoms with Gasteiger partial charge in [-0.05, 0) is 30.9 Å². The summed E-state index contributed by atoms with van der Waals surface area (Å²) in [5.74, 6) is -0.258. The van der Waals surface area contributed by atoms with Crippen molar-refractivity contribution in [3.05, 3.63) is 29.8 Å². The fourth-order valence-corrected chi connectivity index (χ4v) is 2.66. The average molecular weight is 329 g/mol. The molecule has 1 fully saturated rings. The molecular weight excluding hydrogens is 311 g/mol. The molecule has 8 heteroatoms. The van der Waals surface area contributed by atoms with Crippen LogP contribution in [-0.2, 0) is 11.0 Å². The van der Waals surface area contributed by atoms with E-state index in [-0.39, 0.29) is 23.9 Å². The highest BCUT2D eigenvalue weighted by Crippen LogP contribution is 2.34. The number of hydrogen-bond acceptors (Lipinski definition) is 2. The maximum absolute atomic E-state index is 12.9. The lowest BCUT2D eigenvalue weighted by molar-refractivity contribution is -0.136. The lowest BCUT2D eigenvalue weighted by atomic mass is 9.93. The number of nitrogens with two attached hydrogens (primary N) is 1. The zero-order valence-corrected chi connectivity index (χ0v) is 12.4. The van der Waals surface area contributed by atoms with E-state index >= 15 is 0 Å². The number of amides is 3. The summed E-state index contributed by atoms with van der Waals surface area (Å²) in [5.41, 5.74) is 4.00.